The lowest BCUT2D eigenvalue weighted by molar-refractivity contribution is -0.126. The number of fused-ring (bicyclic) bond motifs is 1. The van der Waals surface area contributed by atoms with Crippen LogP contribution in [0.3, 0.4) is 0 Å². The maximum atomic E-state index is 13.9. The fourth-order valence-electron chi connectivity index (χ4n) is 4.62. The molecule has 2 aromatic carbocycles. The van der Waals surface area contributed by atoms with Crippen molar-refractivity contribution in [3.05, 3.63) is 95.4 Å². The first-order chi connectivity index (χ1) is 17.3. The minimum atomic E-state index is -1.19. The van der Waals surface area contributed by atoms with E-state index in [0.29, 0.717) is 35.3 Å². The molecular formula is C29H30N4O3. The highest BCUT2D eigenvalue weighted by Crippen LogP contribution is 2.35. The van der Waals surface area contributed by atoms with Crippen LogP contribution in [0.15, 0.2) is 77.4 Å². The Balaban J connectivity index is 1.52. The molecule has 0 saturated carbocycles. The summed E-state index contributed by atoms with van der Waals surface area (Å²) >= 11 is 0. The molecule has 0 saturated heterocycles. The molecule has 184 valence electrons. The molecule has 5 rings (SSSR count). The van der Waals surface area contributed by atoms with Crippen molar-refractivity contribution in [2.24, 2.45) is 0 Å². The summed E-state index contributed by atoms with van der Waals surface area (Å²) in [5.41, 5.74) is 3.77. The van der Waals surface area contributed by atoms with Crippen LogP contribution in [0.5, 0.6) is 0 Å². The van der Waals surface area contributed by atoms with E-state index in [1.807, 2.05) is 55.5 Å². The lowest BCUT2D eigenvalue weighted by atomic mass is 9.93. The highest BCUT2D eigenvalue weighted by Gasteiger charge is 2.49. The molecule has 7 nitrogen and oxygen atoms in total. The second kappa shape index (κ2) is 9.15. The number of carbonyl (C=O) groups excluding carboxylic acids is 2. The first-order valence-electron chi connectivity index (χ1n) is 12.2. The van der Waals surface area contributed by atoms with Gasteiger partial charge >= 0.3 is 0 Å². The summed E-state index contributed by atoms with van der Waals surface area (Å²) in [5.74, 6) is 0.405. The Morgan fingerprint density at radius 3 is 2.47 bits per heavy atom. The summed E-state index contributed by atoms with van der Waals surface area (Å²) in [7, 11) is 0. The predicted octanol–water partition coefficient (Wildman–Crippen LogP) is 5.31. The molecule has 1 aliphatic heterocycles. The van der Waals surface area contributed by atoms with Gasteiger partial charge in [0.15, 0.2) is 5.76 Å². The van der Waals surface area contributed by atoms with E-state index in [1.54, 1.807) is 41.0 Å². The van der Waals surface area contributed by atoms with Crippen molar-refractivity contribution >= 4 is 17.5 Å². The smallest absolute Gasteiger partial charge is 0.277 e. The standard InChI is InChI=1S/C29H30N4O3/c1-19(2)22-11-13-23(14-12-22)33-27(34)25-16-24(26-6-5-15-36-26)31-32(25)18-29(33,4)28(35)30-17-21-9-7-20(3)8-10-21/h5-16,19H,17-18H2,1-4H3,(H,30,35)/t29-/m0/s1. The zero-order valence-corrected chi connectivity index (χ0v) is 21.0. The number of amides is 2. The Hall–Kier alpha value is -4.13. The van der Waals surface area contributed by atoms with Crippen LogP contribution < -0.4 is 10.2 Å². The number of nitrogens with one attached hydrogen (secondary N) is 1. The van der Waals surface area contributed by atoms with Crippen LogP contribution >= 0.6 is 0 Å². The molecular weight excluding hydrogens is 452 g/mol. The van der Waals surface area contributed by atoms with Crippen molar-refractivity contribution < 1.29 is 14.0 Å². The van der Waals surface area contributed by atoms with Gasteiger partial charge in [0, 0.05) is 18.3 Å². The van der Waals surface area contributed by atoms with Crippen LogP contribution in [-0.2, 0) is 17.9 Å². The van der Waals surface area contributed by atoms with Gasteiger partial charge < -0.3 is 9.73 Å². The molecule has 0 aliphatic carbocycles. The number of anilines is 1. The number of rotatable bonds is 6. The lowest BCUT2D eigenvalue weighted by Gasteiger charge is -2.43. The summed E-state index contributed by atoms with van der Waals surface area (Å²) in [6, 6.07) is 21.2. The van der Waals surface area contributed by atoms with Gasteiger partial charge in [-0.2, -0.15) is 5.10 Å². The largest absolute Gasteiger partial charge is 0.463 e. The van der Waals surface area contributed by atoms with E-state index < -0.39 is 5.54 Å². The molecule has 36 heavy (non-hydrogen) atoms. The minimum Gasteiger partial charge on any atom is -0.463 e. The predicted molar refractivity (Wildman–Crippen MR) is 139 cm³/mol. The van der Waals surface area contributed by atoms with Crippen molar-refractivity contribution in [2.75, 3.05) is 4.90 Å². The van der Waals surface area contributed by atoms with Crippen molar-refractivity contribution in [3.63, 3.8) is 0 Å². The first kappa shape index (κ1) is 23.6. The van der Waals surface area contributed by atoms with Crippen molar-refractivity contribution in [3.8, 4) is 11.5 Å². The van der Waals surface area contributed by atoms with Crippen LogP contribution in [0.4, 0.5) is 5.69 Å². The Morgan fingerprint density at radius 2 is 1.83 bits per heavy atom. The quantitative estimate of drug-likeness (QED) is 0.404. The zero-order chi connectivity index (χ0) is 25.4. The lowest BCUT2D eigenvalue weighted by Crippen LogP contribution is -2.64. The Kier molecular flexibility index (Phi) is 6.00. The third-order valence-electron chi connectivity index (χ3n) is 6.81. The molecule has 2 amide bonds. The third kappa shape index (κ3) is 4.21. The second-order valence-electron chi connectivity index (χ2n) is 9.88. The first-order valence-corrected chi connectivity index (χ1v) is 12.2. The fraction of sp³-hybridized carbons (Fsp3) is 0.276. The van der Waals surface area contributed by atoms with Gasteiger partial charge in [-0.25, -0.2) is 0 Å². The molecule has 7 heteroatoms. The van der Waals surface area contributed by atoms with E-state index in [4.69, 9.17) is 4.42 Å². The van der Waals surface area contributed by atoms with Crippen LogP contribution in [0.1, 0.15) is 53.9 Å². The molecule has 1 atom stereocenters. The summed E-state index contributed by atoms with van der Waals surface area (Å²) in [4.78, 5) is 29.3. The average Bonchev–Trinajstić information content (AvgIpc) is 3.54. The molecule has 1 aliphatic rings. The topological polar surface area (TPSA) is 80.4 Å². The molecule has 0 fully saturated rings. The van der Waals surface area contributed by atoms with Gasteiger partial charge in [-0.15, -0.1) is 0 Å². The number of carbonyl (C=O) groups is 2. The van der Waals surface area contributed by atoms with Crippen LogP contribution in [0.25, 0.3) is 11.5 Å². The minimum absolute atomic E-state index is 0.209. The monoisotopic (exact) mass is 482 g/mol. The maximum Gasteiger partial charge on any atom is 0.277 e. The summed E-state index contributed by atoms with van der Waals surface area (Å²) in [5, 5.41) is 7.66. The maximum absolute atomic E-state index is 13.9. The summed E-state index contributed by atoms with van der Waals surface area (Å²) in [6.07, 6.45) is 1.57. The highest BCUT2D eigenvalue weighted by atomic mass is 16.3. The molecule has 1 N–H and O–H groups in total. The van der Waals surface area contributed by atoms with E-state index >= 15 is 0 Å². The van der Waals surface area contributed by atoms with Gasteiger partial charge in [-0.3, -0.25) is 19.2 Å². The number of benzene rings is 2. The molecule has 3 heterocycles. The van der Waals surface area contributed by atoms with Gasteiger partial charge in [0.1, 0.15) is 16.9 Å². The van der Waals surface area contributed by atoms with E-state index in [9.17, 15) is 9.59 Å². The number of furan rings is 1. The zero-order valence-electron chi connectivity index (χ0n) is 21.0. The van der Waals surface area contributed by atoms with Gasteiger partial charge in [-0.05, 0) is 55.2 Å². The number of hydrogen-bond acceptors (Lipinski definition) is 4. The number of aromatic nitrogens is 2. The number of hydrogen-bond donors (Lipinski definition) is 1. The molecule has 0 bridgehead atoms. The van der Waals surface area contributed by atoms with Crippen molar-refractivity contribution in [2.45, 2.75) is 52.2 Å². The molecule has 0 spiro atoms. The van der Waals surface area contributed by atoms with Crippen LogP contribution in [0, 0.1) is 6.92 Å². The van der Waals surface area contributed by atoms with Crippen molar-refractivity contribution in [1.82, 2.24) is 15.1 Å². The fourth-order valence-corrected chi connectivity index (χ4v) is 4.62. The van der Waals surface area contributed by atoms with Gasteiger partial charge in [0.05, 0.1) is 12.8 Å². The Bertz CT molecular complexity index is 1390. The number of aryl methyl sites for hydroxylation is 1. The molecule has 0 radical (unpaired) electrons. The normalized spacial score (nSPS) is 17.4. The van der Waals surface area contributed by atoms with Crippen molar-refractivity contribution in [1.29, 1.82) is 0 Å². The Labute approximate surface area is 210 Å². The number of nitrogens with zero attached hydrogens (tertiary/aromatic N) is 3. The summed E-state index contributed by atoms with van der Waals surface area (Å²) in [6.45, 7) is 8.64. The Morgan fingerprint density at radius 1 is 1.11 bits per heavy atom. The van der Waals surface area contributed by atoms with Gasteiger partial charge in [0.25, 0.3) is 5.91 Å². The SMILES string of the molecule is Cc1ccc(CNC(=O)[C@]2(C)Cn3nc(-c4ccco4)cc3C(=O)N2c2ccc(C(C)C)cc2)cc1. The van der Waals surface area contributed by atoms with Crippen LogP contribution in [0.2, 0.25) is 0 Å². The van der Waals surface area contributed by atoms with E-state index in [-0.39, 0.29) is 18.4 Å². The van der Waals surface area contributed by atoms with E-state index in [0.717, 1.165) is 11.1 Å². The molecule has 4 aromatic rings. The van der Waals surface area contributed by atoms with Gasteiger partial charge in [-0.1, -0.05) is 55.8 Å². The molecule has 2 aromatic heterocycles. The molecule has 0 unspecified atom stereocenters. The second-order valence-corrected chi connectivity index (χ2v) is 9.88. The average molecular weight is 483 g/mol. The summed E-state index contributed by atoms with van der Waals surface area (Å²) < 4.78 is 7.11. The van der Waals surface area contributed by atoms with Crippen LogP contribution in [-0.4, -0.2) is 27.1 Å². The van der Waals surface area contributed by atoms with Gasteiger partial charge in [0.2, 0.25) is 5.91 Å². The third-order valence-corrected chi connectivity index (χ3v) is 6.81. The van der Waals surface area contributed by atoms with E-state index in [2.05, 4.69) is 24.3 Å². The highest BCUT2D eigenvalue weighted by molar-refractivity contribution is 6.12. The van der Waals surface area contributed by atoms with E-state index in [1.165, 1.54) is 5.56 Å².